The number of anilines is 2. The molecule has 0 spiro atoms. The van der Waals surface area contributed by atoms with E-state index in [1.54, 1.807) is 0 Å². The molecule has 0 saturated carbocycles. The second kappa shape index (κ2) is 14.1. The first-order chi connectivity index (χ1) is 26.7. The van der Waals surface area contributed by atoms with Crippen LogP contribution in [0.5, 0.6) is 0 Å². The van der Waals surface area contributed by atoms with E-state index in [4.69, 9.17) is 9.98 Å². The Labute approximate surface area is 314 Å². The van der Waals surface area contributed by atoms with Crippen molar-refractivity contribution in [2.24, 2.45) is 20.0 Å². The highest BCUT2D eigenvalue weighted by molar-refractivity contribution is 6.15. The molecular weight excluding hydrogens is 661 g/mol. The van der Waals surface area contributed by atoms with Crippen LogP contribution in [0, 0.1) is 0 Å². The van der Waals surface area contributed by atoms with Gasteiger partial charge in [0.1, 0.15) is 0 Å². The first kappa shape index (κ1) is 32.7. The van der Waals surface area contributed by atoms with Crippen molar-refractivity contribution in [2.75, 3.05) is 4.90 Å². The van der Waals surface area contributed by atoms with Gasteiger partial charge in [0.2, 0.25) is 0 Å². The van der Waals surface area contributed by atoms with Crippen molar-refractivity contribution < 1.29 is 0 Å². The van der Waals surface area contributed by atoms with Crippen LogP contribution in [0.3, 0.4) is 0 Å². The number of amidine groups is 2. The summed E-state index contributed by atoms with van der Waals surface area (Å²) in [6.45, 7) is 8.91. The molecule has 6 nitrogen and oxygen atoms in total. The molecule has 9 rings (SSSR count). The summed E-state index contributed by atoms with van der Waals surface area (Å²) in [5, 5.41) is 2.46. The minimum atomic E-state index is 0.492. The topological polar surface area (TPSA) is 57.6 Å². The SMILES string of the molecule is C=NC(=NC(=NCc1ccccc1)c1ccc(-n2c3ccccc3c3c4c(ccc32)-c2ccccc2N(c2ccccc2N=C)C4)cc1)c1ccccc1. The summed E-state index contributed by atoms with van der Waals surface area (Å²) in [6.07, 6.45) is 0. The zero-order chi connectivity index (χ0) is 36.4. The molecule has 0 amide bonds. The summed E-state index contributed by atoms with van der Waals surface area (Å²) >= 11 is 0. The maximum absolute atomic E-state index is 5.00. The average molecular weight is 697 g/mol. The lowest BCUT2D eigenvalue weighted by molar-refractivity contribution is 0.970. The predicted molar refractivity (Wildman–Crippen MR) is 227 cm³/mol. The second-order valence-corrected chi connectivity index (χ2v) is 13.2. The van der Waals surface area contributed by atoms with Crippen molar-refractivity contribution in [3.05, 3.63) is 192 Å². The van der Waals surface area contributed by atoms with Gasteiger partial charge in [-0.15, -0.1) is 0 Å². The lowest BCUT2D eigenvalue weighted by atomic mass is 9.90. The summed E-state index contributed by atoms with van der Waals surface area (Å²) < 4.78 is 2.36. The molecule has 1 aliphatic rings. The summed E-state index contributed by atoms with van der Waals surface area (Å²) in [6, 6.07) is 58.8. The minimum absolute atomic E-state index is 0.492. The number of benzene rings is 7. The fraction of sp³-hybridized carbons (Fsp3) is 0.0417. The molecule has 8 aromatic rings. The van der Waals surface area contributed by atoms with Crippen LogP contribution < -0.4 is 4.90 Å². The molecule has 54 heavy (non-hydrogen) atoms. The maximum Gasteiger partial charge on any atom is 0.161 e. The van der Waals surface area contributed by atoms with Crippen LogP contribution in [0.4, 0.5) is 17.1 Å². The van der Waals surface area contributed by atoms with Crippen molar-refractivity contribution in [3.8, 4) is 16.8 Å². The van der Waals surface area contributed by atoms with Gasteiger partial charge >= 0.3 is 0 Å². The molecule has 0 saturated heterocycles. The first-order valence-corrected chi connectivity index (χ1v) is 18.0. The van der Waals surface area contributed by atoms with Crippen LogP contribution >= 0.6 is 0 Å². The monoisotopic (exact) mass is 696 g/mol. The third-order valence-electron chi connectivity index (χ3n) is 10.1. The van der Waals surface area contributed by atoms with E-state index in [9.17, 15) is 0 Å². The Morgan fingerprint density at radius 3 is 2.00 bits per heavy atom. The number of para-hydroxylation sites is 4. The third kappa shape index (κ3) is 5.80. The number of nitrogens with zero attached hydrogens (tertiary/aromatic N) is 6. The Morgan fingerprint density at radius 2 is 1.22 bits per heavy atom. The van der Waals surface area contributed by atoms with Crippen molar-refractivity contribution in [2.45, 2.75) is 13.1 Å². The van der Waals surface area contributed by atoms with Gasteiger partial charge in [0.05, 0.1) is 29.0 Å². The van der Waals surface area contributed by atoms with Gasteiger partial charge in [-0.3, -0.25) is 9.98 Å². The van der Waals surface area contributed by atoms with Gasteiger partial charge in [0, 0.05) is 45.4 Å². The molecule has 0 fully saturated rings. The van der Waals surface area contributed by atoms with E-state index in [-0.39, 0.29) is 0 Å². The van der Waals surface area contributed by atoms with E-state index in [1.165, 1.54) is 27.5 Å². The van der Waals surface area contributed by atoms with Crippen LogP contribution in [0.1, 0.15) is 22.3 Å². The van der Waals surface area contributed by atoms with E-state index < -0.39 is 0 Å². The van der Waals surface area contributed by atoms with Gasteiger partial charge in [-0.25, -0.2) is 9.98 Å². The second-order valence-electron chi connectivity index (χ2n) is 13.2. The number of hydrogen-bond acceptors (Lipinski definition) is 3. The van der Waals surface area contributed by atoms with Crippen molar-refractivity contribution in [1.82, 2.24) is 4.57 Å². The third-order valence-corrected chi connectivity index (χ3v) is 10.1. The molecule has 0 unspecified atom stereocenters. The highest BCUT2D eigenvalue weighted by Crippen LogP contribution is 2.48. The summed E-state index contributed by atoms with van der Waals surface area (Å²) in [5.74, 6) is 1.13. The number of hydrogen-bond donors (Lipinski definition) is 0. The molecule has 0 radical (unpaired) electrons. The van der Waals surface area contributed by atoms with Gasteiger partial charge in [0.25, 0.3) is 0 Å². The van der Waals surface area contributed by atoms with E-state index in [1.807, 2.05) is 60.7 Å². The lowest BCUT2D eigenvalue weighted by Gasteiger charge is -2.34. The van der Waals surface area contributed by atoms with Gasteiger partial charge < -0.3 is 9.47 Å². The van der Waals surface area contributed by atoms with Crippen LogP contribution in [0.25, 0.3) is 38.6 Å². The van der Waals surface area contributed by atoms with E-state index >= 15 is 0 Å². The molecule has 6 heteroatoms. The molecule has 0 atom stereocenters. The lowest BCUT2D eigenvalue weighted by Crippen LogP contribution is -2.21. The number of aliphatic imine (C=N–C) groups is 4. The van der Waals surface area contributed by atoms with Crippen LogP contribution in [-0.2, 0) is 13.1 Å². The molecule has 258 valence electrons. The molecule has 1 aromatic heterocycles. The minimum Gasteiger partial charge on any atom is -0.335 e. The standard InChI is InChI=1S/C48H36N6/c1-49-41-21-11-14-24-44(41)53-32-40-37(38-19-9-12-22-42(38)53)29-30-45-46(40)39-20-10-13-23-43(39)54(45)36-27-25-35(26-28-36)48(51-31-33-15-5-3-6-16-33)52-47(50-2)34-17-7-4-8-18-34/h3-30H,1-2,31-32H2. The molecular formula is C48H36N6. The Balaban J connectivity index is 1.18. The summed E-state index contributed by atoms with van der Waals surface area (Å²) in [5.41, 5.74) is 13.0. The Morgan fingerprint density at radius 1 is 0.556 bits per heavy atom. The van der Waals surface area contributed by atoms with E-state index in [2.05, 4.69) is 142 Å². The highest BCUT2D eigenvalue weighted by atomic mass is 15.2. The molecule has 2 heterocycles. The fourth-order valence-corrected chi connectivity index (χ4v) is 7.63. The summed E-state index contributed by atoms with van der Waals surface area (Å²) in [4.78, 5) is 21.0. The summed E-state index contributed by atoms with van der Waals surface area (Å²) in [7, 11) is 0. The normalized spacial score (nSPS) is 12.8. The highest BCUT2D eigenvalue weighted by Gasteiger charge is 2.28. The fourth-order valence-electron chi connectivity index (χ4n) is 7.63. The van der Waals surface area contributed by atoms with Gasteiger partial charge in [0.15, 0.2) is 11.7 Å². The van der Waals surface area contributed by atoms with Gasteiger partial charge in [-0.05, 0) is 84.7 Å². The molecule has 0 aliphatic carbocycles. The number of fused-ring (bicyclic) bond motifs is 7. The van der Waals surface area contributed by atoms with Gasteiger partial charge in [-0.1, -0.05) is 115 Å². The van der Waals surface area contributed by atoms with Crippen LogP contribution in [0.15, 0.2) is 190 Å². The number of rotatable bonds is 7. The smallest absolute Gasteiger partial charge is 0.161 e. The molecule has 0 bridgehead atoms. The van der Waals surface area contributed by atoms with Crippen LogP contribution in [-0.4, -0.2) is 29.7 Å². The largest absolute Gasteiger partial charge is 0.335 e. The zero-order valence-electron chi connectivity index (χ0n) is 29.7. The van der Waals surface area contributed by atoms with Crippen molar-refractivity contribution in [3.63, 3.8) is 0 Å². The van der Waals surface area contributed by atoms with E-state index in [0.29, 0.717) is 24.8 Å². The predicted octanol–water partition coefficient (Wildman–Crippen LogP) is 11.5. The van der Waals surface area contributed by atoms with Crippen molar-refractivity contribution >= 4 is 64.0 Å². The van der Waals surface area contributed by atoms with E-state index in [0.717, 1.165) is 50.5 Å². The first-order valence-electron chi connectivity index (χ1n) is 18.0. The zero-order valence-corrected chi connectivity index (χ0v) is 29.7. The number of aromatic nitrogens is 1. The van der Waals surface area contributed by atoms with Crippen LogP contribution in [0.2, 0.25) is 0 Å². The Kier molecular flexibility index (Phi) is 8.54. The Hall–Kier alpha value is -7.18. The molecule has 0 N–H and O–H groups in total. The maximum atomic E-state index is 5.00. The van der Waals surface area contributed by atoms with Crippen molar-refractivity contribution in [1.29, 1.82) is 0 Å². The molecule has 7 aromatic carbocycles. The quantitative estimate of drug-likeness (QED) is 0.121. The average Bonchev–Trinajstić information content (AvgIpc) is 3.59. The van der Waals surface area contributed by atoms with Gasteiger partial charge in [-0.2, -0.15) is 0 Å². The molecule has 1 aliphatic heterocycles. The Bertz CT molecular complexity index is 2740.